The highest BCUT2D eigenvalue weighted by atomic mass is 35.5. The van der Waals surface area contributed by atoms with Gasteiger partial charge in [0.15, 0.2) is 5.82 Å². The summed E-state index contributed by atoms with van der Waals surface area (Å²) in [4.78, 5) is 16.2. The summed E-state index contributed by atoms with van der Waals surface area (Å²) >= 11 is 5.88. The molecule has 0 radical (unpaired) electrons. The third-order valence-electron chi connectivity index (χ3n) is 2.27. The fraction of sp³-hybridized carbons (Fsp3) is 0.111. The van der Waals surface area contributed by atoms with Crippen LogP contribution in [-0.2, 0) is 7.05 Å². The Bertz CT molecular complexity index is 674. The number of halogens is 1. The maximum absolute atomic E-state index is 5.88. The lowest BCUT2D eigenvalue weighted by molar-refractivity contribution is 0.758. The van der Waals surface area contributed by atoms with Gasteiger partial charge in [-0.05, 0) is 17.7 Å². The number of hydrogen-bond donors (Lipinski definition) is 0. The average Bonchev–Trinajstić information content (AvgIpc) is 2.98. The van der Waals surface area contributed by atoms with Crippen LogP contribution in [0.2, 0.25) is 5.28 Å². The Balaban J connectivity index is 2.15. The molecular weight excluding hydrogens is 256 g/mol. The van der Waals surface area contributed by atoms with Crippen LogP contribution in [0.1, 0.15) is 0 Å². The van der Waals surface area contributed by atoms with Crippen molar-refractivity contribution in [2.24, 2.45) is 7.05 Å². The lowest BCUT2D eigenvalue weighted by atomic mass is 10.4. The highest BCUT2D eigenvalue weighted by Crippen LogP contribution is 2.15. The largest absolute Gasteiger partial charge is 0.265 e. The minimum atomic E-state index is 0.0895. The SMILES string of the molecule is Cn1nccc1-c1nc(Cl)nc(-n2cncn2)n1. The molecule has 0 fully saturated rings. The molecule has 9 heteroatoms. The van der Waals surface area contributed by atoms with E-state index in [4.69, 9.17) is 11.6 Å². The second-order valence-electron chi connectivity index (χ2n) is 3.41. The molecule has 0 bridgehead atoms. The first kappa shape index (κ1) is 10.8. The maximum Gasteiger partial charge on any atom is 0.256 e. The summed E-state index contributed by atoms with van der Waals surface area (Å²) in [5, 5.41) is 8.09. The molecule has 0 unspecified atom stereocenters. The quantitative estimate of drug-likeness (QED) is 0.669. The maximum atomic E-state index is 5.88. The zero-order valence-electron chi connectivity index (χ0n) is 9.27. The molecule has 3 aromatic rings. The summed E-state index contributed by atoms with van der Waals surface area (Å²) in [6, 6.07) is 1.79. The molecule has 0 aliphatic carbocycles. The molecule has 0 N–H and O–H groups in total. The molecule has 90 valence electrons. The van der Waals surface area contributed by atoms with Crippen molar-refractivity contribution in [1.29, 1.82) is 0 Å². The van der Waals surface area contributed by atoms with Crippen LogP contribution in [-0.4, -0.2) is 39.5 Å². The van der Waals surface area contributed by atoms with Gasteiger partial charge in [0.25, 0.3) is 5.95 Å². The second kappa shape index (κ2) is 4.15. The fourth-order valence-electron chi connectivity index (χ4n) is 1.46. The molecule has 0 atom stereocenters. The standard InChI is InChI=1S/C9H7ClN8/c1-17-6(2-3-12-17)7-14-8(10)16-9(15-7)18-5-11-4-13-18/h2-5H,1H3. The van der Waals surface area contributed by atoms with Gasteiger partial charge in [-0.25, -0.2) is 4.98 Å². The highest BCUT2D eigenvalue weighted by Gasteiger charge is 2.11. The summed E-state index contributed by atoms with van der Waals surface area (Å²) in [7, 11) is 1.79. The zero-order valence-corrected chi connectivity index (χ0v) is 10.0. The van der Waals surface area contributed by atoms with E-state index < -0.39 is 0 Å². The minimum absolute atomic E-state index is 0.0895. The topological polar surface area (TPSA) is 87.2 Å². The van der Waals surface area contributed by atoms with Gasteiger partial charge in [0, 0.05) is 13.2 Å². The van der Waals surface area contributed by atoms with Crippen molar-refractivity contribution in [3.8, 4) is 17.5 Å². The van der Waals surface area contributed by atoms with E-state index in [9.17, 15) is 0 Å². The van der Waals surface area contributed by atoms with Crippen LogP contribution in [0.15, 0.2) is 24.9 Å². The molecule has 0 saturated heterocycles. The van der Waals surface area contributed by atoms with Gasteiger partial charge in [0.05, 0.1) is 0 Å². The number of aromatic nitrogens is 8. The van der Waals surface area contributed by atoms with Crippen LogP contribution in [0, 0.1) is 0 Å². The van der Waals surface area contributed by atoms with Gasteiger partial charge in [0.2, 0.25) is 5.28 Å². The van der Waals surface area contributed by atoms with Gasteiger partial charge in [-0.1, -0.05) is 0 Å². The van der Waals surface area contributed by atoms with E-state index in [2.05, 4.69) is 30.1 Å². The van der Waals surface area contributed by atoms with E-state index >= 15 is 0 Å². The van der Waals surface area contributed by atoms with Crippen LogP contribution in [0.25, 0.3) is 17.5 Å². The number of nitrogens with zero attached hydrogens (tertiary/aromatic N) is 8. The van der Waals surface area contributed by atoms with Crippen molar-refractivity contribution in [2.75, 3.05) is 0 Å². The Morgan fingerprint density at radius 2 is 2.06 bits per heavy atom. The molecule has 0 saturated carbocycles. The van der Waals surface area contributed by atoms with Gasteiger partial charge in [-0.3, -0.25) is 4.68 Å². The molecule has 18 heavy (non-hydrogen) atoms. The second-order valence-corrected chi connectivity index (χ2v) is 3.75. The van der Waals surface area contributed by atoms with Gasteiger partial charge < -0.3 is 0 Å². The van der Waals surface area contributed by atoms with E-state index in [-0.39, 0.29) is 5.28 Å². The van der Waals surface area contributed by atoms with Crippen molar-refractivity contribution in [1.82, 2.24) is 39.5 Å². The van der Waals surface area contributed by atoms with Gasteiger partial charge in [0.1, 0.15) is 18.3 Å². The van der Waals surface area contributed by atoms with Gasteiger partial charge >= 0.3 is 0 Å². The fourth-order valence-corrected chi connectivity index (χ4v) is 1.62. The predicted octanol–water partition coefficient (Wildman–Crippen LogP) is 0.506. The normalized spacial score (nSPS) is 10.8. The lowest BCUT2D eigenvalue weighted by Crippen LogP contribution is -2.06. The number of rotatable bonds is 2. The summed E-state index contributed by atoms with van der Waals surface area (Å²) in [6.07, 6.45) is 4.53. The zero-order chi connectivity index (χ0) is 12.5. The van der Waals surface area contributed by atoms with E-state index in [0.717, 1.165) is 5.69 Å². The lowest BCUT2D eigenvalue weighted by Gasteiger charge is -2.03. The highest BCUT2D eigenvalue weighted by molar-refractivity contribution is 6.28. The van der Waals surface area contributed by atoms with E-state index in [0.29, 0.717) is 11.8 Å². The van der Waals surface area contributed by atoms with Crippen molar-refractivity contribution >= 4 is 11.6 Å². The first-order valence-electron chi connectivity index (χ1n) is 4.99. The predicted molar refractivity (Wildman–Crippen MR) is 62.0 cm³/mol. The number of hydrogen-bond acceptors (Lipinski definition) is 6. The Hall–Kier alpha value is -2.35. The molecule has 3 aromatic heterocycles. The van der Waals surface area contributed by atoms with E-state index in [1.54, 1.807) is 24.0 Å². The van der Waals surface area contributed by atoms with Crippen LogP contribution < -0.4 is 0 Å². The van der Waals surface area contributed by atoms with Crippen molar-refractivity contribution in [3.05, 3.63) is 30.2 Å². The van der Waals surface area contributed by atoms with Crippen LogP contribution >= 0.6 is 11.6 Å². The molecule has 3 heterocycles. The Morgan fingerprint density at radius 1 is 1.17 bits per heavy atom. The van der Waals surface area contributed by atoms with Gasteiger partial charge in [-0.2, -0.15) is 29.8 Å². The summed E-state index contributed by atoms with van der Waals surface area (Å²) < 4.78 is 3.06. The van der Waals surface area contributed by atoms with E-state index in [1.165, 1.54) is 17.3 Å². The third kappa shape index (κ3) is 1.82. The first-order chi connectivity index (χ1) is 8.74. The average molecular weight is 263 g/mol. The molecule has 0 aromatic carbocycles. The molecule has 0 amide bonds. The van der Waals surface area contributed by atoms with Crippen LogP contribution in [0.3, 0.4) is 0 Å². The summed E-state index contributed by atoms with van der Waals surface area (Å²) in [6.45, 7) is 0. The van der Waals surface area contributed by atoms with Crippen molar-refractivity contribution < 1.29 is 0 Å². The minimum Gasteiger partial charge on any atom is -0.265 e. The Morgan fingerprint density at radius 3 is 2.72 bits per heavy atom. The summed E-state index contributed by atoms with van der Waals surface area (Å²) in [5.74, 6) is 0.740. The summed E-state index contributed by atoms with van der Waals surface area (Å²) in [5.41, 5.74) is 0.737. The van der Waals surface area contributed by atoms with Crippen molar-refractivity contribution in [3.63, 3.8) is 0 Å². The third-order valence-corrected chi connectivity index (χ3v) is 2.44. The Kier molecular flexibility index (Phi) is 2.49. The smallest absolute Gasteiger partial charge is 0.256 e. The van der Waals surface area contributed by atoms with Gasteiger partial charge in [-0.15, -0.1) is 0 Å². The number of aryl methyl sites for hydroxylation is 1. The Labute approximate surface area is 106 Å². The van der Waals surface area contributed by atoms with Crippen LogP contribution in [0.4, 0.5) is 0 Å². The molecule has 8 nitrogen and oxygen atoms in total. The molecule has 3 rings (SSSR count). The van der Waals surface area contributed by atoms with E-state index in [1.807, 2.05) is 0 Å². The monoisotopic (exact) mass is 262 g/mol. The molecule has 0 spiro atoms. The first-order valence-corrected chi connectivity index (χ1v) is 5.37. The molecule has 0 aliphatic heterocycles. The molecule has 0 aliphatic rings. The molecular formula is C9H7ClN8. The van der Waals surface area contributed by atoms with Crippen molar-refractivity contribution in [2.45, 2.75) is 0 Å². The van der Waals surface area contributed by atoms with Crippen LogP contribution in [0.5, 0.6) is 0 Å².